The number of nitrogens with zero attached hydrogens (tertiary/aromatic N) is 1. The summed E-state index contributed by atoms with van der Waals surface area (Å²) in [6.07, 6.45) is 1.99. The first-order chi connectivity index (χ1) is 19.3. The Hall–Kier alpha value is -1.14. The fraction of sp³-hybridized carbons (Fsp3) is 0.800. The van der Waals surface area contributed by atoms with Gasteiger partial charge in [0.25, 0.3) is 0 Å². The maximum Gasteiger partial charge on any atom is 0.186 e. The van der Waals surface area contributed by atoms with E-state index < -0.39 is 12.4 Å². The van der Waals surface area contributed by atoms with Crippen molar-refractivity contribution in [1.82, 2.24) is 4.90 Å². The predicted molar refractivity (Wildman–Crippen MR) is 149 cm³/mol. The van der Waals surface area contributed by atoms with E-state index in [-0.39, 0.29) is 18.3 Å². The summed E-state index contributed by atoms with van der Waals surface area (Å²) in [6, 6.07) is 10.5. The van der Waals surface area contributed by atoms with Crippen LogP contribution in [0.15, 0.2) is 30.3 Å². The minimum Gasteiger partial charge on any atom is -0.379 e. The third-order valence-corrected chi connectivity index (χ3v) is 6.98. The lowest BCUT2D eigenvalue weighted by Gasteiger charge is -2.45. The molecule has 9 heteroatoms. The average Bonchev–Trinajstić information content (AvgIpc) is 2.96. The molecule has 0 spiro atoms. The minimum absolute atomic E-state index is 0.320. The largest absolute Gasteiger partial charge is 0.379 e. The molecule has 2 saturated heterocycles. The van der Waals surface area contributed by atoms with E-state index in [4.69, 9.17) is 37.9 Å². The molecular formula is C30H51NO8. The van der Waals surface area contributed by atoms with Crippen molar-refractivity contribution in [3.63, 3.8) is 0 Å². The second kappa shape index (κ2) is 19.9. The average molecular weight is 554 g/mol. The number of ether oxygens (including phenoxy) is 8. The van der Waals surface area contributed by atoms with Crippen LogP contribution in [0.1, 0.15) is 45.1 Å². The summed E-state index contributed by atoms with van der Waals surface area (Å²) in [5.41, 5.74) is 1.28. The highest BCUT2D eigenvalue weighted by atomic mass is 16.7. The number of benzene rings is 1. The molecule has 3 rings (SSSR count). The molecule has 0 N–H and O–H groups in total. The Morgan fingerprint density at radius 1 is 0.821 bits per heavy atom. The van der Waals surface area contributed by atoms with Crippen molar-refractivity contribution in [3.05, 3.63) is 35.9 Å². The lowest BCUT2D eigenvalue weighted by molar-refractivity contribution is -0.319. The number of hydrogen-bond donors (Lipinski definition) is 0. The number of fused-ring (bicyclic) bond motifs is 1. The van der Waals surface area contributed by atoms with Crippen molar-refractivity contribution < 1.29 is 37.9 Å². The molecule has 224 valence electrons. The molecule has 2 aliphatic rings. The molecule has 0 aromatic heterocycles. The third kappa shape index (κ3) is 11.7. The molecule has 0 bridgehead atoms. The highest BCUT2D eigenvalue weighted by Gasteiger charge is 2.48. The fourth-order valence-corrected chi connectivity index (χ4v) is 4.77. The van der Waals surface area contributed by atoms with Crippen molar-refractivity contribution in [2.45, 2.75) is 76.8 Å². The van der Waals surface area contributed by atoms with Gasteiger partial charge in [0.15, 0.2) is 6.29 Å². The van der Waals surface area contributed by atoms with Crippen LogP contribution in [-0.4, -0.2) is 115 Å². The quantitative estimate of drug-likeness (QED) is 0.360. The molecule has 0 radical (unpaired) electrons. The van der Waals surface area contributed by atoms with Gasteiger partial charge in [0, 0.05) is 40.0 Å². The van der Waals surface area contributed by atoms with E-state index in [2.05, 4.69) is 43.0 Å². The van der Waals surface area contributed by atoms with E-state index in [1.54, 1.807) is 7.11 Å². The monoisotopic (exact) mass is 553 g/mol. The van der Waals surface area contributed by atoms with Gasteiger partial charge in [-0.25, -0.2) is 0 Å². The first kappa shape index (κ1) is 32.4. The highest BCUT2D eigenvalue weighted by Crippen LogP contribution is 2.29. The van der Waals surface area contributed by atoms with Crippen LogP contribution in [0.5, 0.6) is 0 Å². The fourth-order valence-electron chi connectivity index (χ4n) is 4.77. The van der Waals surface area contributed by atoms with Gasteiger partial charge in [-0.05, 0) is 18.4 Å². The molecule has 0 aliphatic carbocycles. The molecule has 2 aliphatic heterocycles. The van der Waals surface area contributed by atoms with Crippen LogP contribution in [-0.2, 0) is 44.4 Å². The Kier molecular flexibility index (Phi) is 16.5. The summed E-state index contributed by atoms with van der Waals surface area (Å²) in [5.74, 6) is 0. The first-order valence-corrected chi connectivity index (χ1v) is 14.8. The number of hydrogen-bond acceptors (Lipinski definition) is 9. The molecule has 39 heavy (non-hydrogen) atoms. The lowest BCUT2D eigenvalue weighted by atomic mass is 9.98. The van der Waals surface area contributed by atoms with Crippen molar-refractivity contribution in [2.75, 3.05) is 79.7 Å². The van der Waals surface area contributed by atoms with Crippen LogP contribution in [0, 0.1) is 0 Å². The van der Waals surface area contributed by atoms with Crippen molar-refractivity contribution in [3.8, 4) is 0 Å². The third-order valence-electron chi connectivity index (χ3n) is 6.98. The molecule has 0 amide bonds. The van der Waals surface area contributed by atoms with Gasteiger partial charge in [0.2, 0.25) is 0 Å². The molecule has 0 unspecified atom stereocenters. The highest BCUT2D eigenvalue weighted by molar-refractivity contribution is 5.14. The Balaban J connectivity index is 1.65. The van der Waals surface area contributed by atoms with E-state index in [9.17, 15) is 0 Å². The van der Waals surface area contributed by atoms with Gasteiger partial charge >= 0.3 is 0 Å². The standard InChI is InChI=1S/C30H51NO8/c1-4-6-15-35-24-26-27(36-16-7-5-2)28-29(30(32-3)39-26)38-22-20-34-18-14-31(13-17-33-19-21-37-28)23-25-11-9-8-10-12-25/h8-12,26-30H,4-7,13-24H2,1-3H3/t26-,27-,28+,29-,30+/m1/s1. The van der Waals surface area contributed by atoms with Gasteiger partial charge in [-0.1, -0.05) is 57.0 Å². The van der Waals surface area contributed by atoms with Gasteiger partial charge in [-0.15, -0.1) is 0 Å². The normalized spacial score (nSPS) is 28.3. The Bertz CT molecular complexity index is 726. The van der Waals surface area contributed by atoms with E-state index in [0.29, 0.717) is 59.5 Å². The summed E-state index contributed by atoms with van der Waals surface area (Å²) < 4.78 is 49.1. The number of rotatable bonds is 12. The van der Waals surface area contributed by atoms with E-state index in [1.165, 1.54) is 5.56 Å². The molecule has 1 aromatic rings. The molecule has 1 aromatic carbocycles. The second-order valence-corrected chi connectivity index (χ2v) is 10.1. The summed E-state index contributed by atoms with van der Waals surface area (Å²) in [6.45, 7) is 11.5. The maximum absolute atomic E-state index is 6.43. The summed E-state index contributed by atoms with van der Waals surface area (Å²) in [5, 5.41) is 0. The van der Waals surface area contributed by atoms with Gasteiger partial charge in [0.05, 0.1) is 46.2 Å². The van der Waals surface area contributed by atoms with Crippen molar-refractivity contribution in [2.24, 2.45) is 0 Å². The van der Waals surface area contributed by atoms with Crippen LogP contribution < -0.4 is 0 Å². The molecule has 2 heterocycles. The van der Waals surface area contributed by atoms with Crippen LogP contribution in [0.4, 0.5) is 0 Å². The smallest absolute Gasteiger partial charge is 0.186 e. The van der Waals surface area contributed by atoms with Crippen molar-refractivity contribution in [1.29, 1.82) is 0 Å². The minimum atomic E-state index is -0.598. The summed E-state index contributed by atoms with van der Waals surface area (Å²) in [7, 11) is 1.63. The Labute approximate surface area is 235 Å². The zero-order chi connectivity index (χ0) is 27.5. The number of methoxy groups -OCH3 is 1. The summed E-state index contributed by atoms with van der Waals surface area (Å²) in [4.78, 5) is 2.35. The Morgan fingerprint density at radius 2 is 1.49 bits per heavy atom. The zero-order valence-electron chi connectivity index (χ0n) is 24.3. The molecule has 0 saturated carbocycles. The predicted octanol–water partition coefficient (Wildman–Crippen LogP) is 3.68. The Morgan fingerprint density at radius 3 is 2.15 bits per heavy atom. The molecule has 9 nitrogen and oxygen atoms in total. The van der Waals surface area contributed by atoms with Gasteiger partial charge in [0.1, 0.15) is 24.4 Å². The SMILES string of the molecule is CCCCOC[C@H]1O[C@H](OC)[C@@H]2OCCOCCN(Cc3ccccc3)CCOCCO[C@H]2[C@@H]1OCCCC. The van der Waals surface area contributed by atoms with Crippen molar-refractivity contribution >= 4 is 0 Å². The van der Waals surface area contributed by atoms with Crippen LogP contribution in [0.2, 0.25) is 0 Å². The summed E-state index contributed by atoms with van der Waals surface area (Å²) >= 11 is 0. The van der Waals surface area contributed by atoms with E-state index in [0.717, 1.165) is 45.3 Å². The molecular weight excluding hydrogens is 502 g/mol. The van der Waals surface area contributed by atoms with Crippen LogP contribution in [0.25, 0.3) is 0 Å². The second-order valence-electron chi connectivity index (χ2n) is 10.1. The number of unbranched alkanes of at least 4 members (excludes halogenated alkanes) is 2. The lowest BCUT2D eigenvalue weighted by Crippen LogP contribution is -2.62. The first-order valence-electron chi connectivity index (χ1n) is 14.8. The molecule has 2 fully saturated rings. The van der Waals surface area contributed by atoms with Gasteiger partial charge in [-0.2, -0.15) is 0 Å². The van der Waals surface area contributed by atoms with Crippen LogP contribution in [0.3, 0.4) is 0 Å². The van der Waals surface area contributed by atoms with E-state index >= 15 is 0 Å². The topological polar surface area (TPSA) is 77.1 Å². The van der Waals surface area contributed by atoms with E-state index in [1.807, 2.05) is 6.07 Å². The van der Waals surface area contributed by atoms with Gasteiger partial charge < -0.3 is 37.9 Å². The maximum atomic E-state index is 6.43. The molecule has 5 atom stereocenters. The van der Waals surface area contributed by atoms with Gasteiger partial charge in [-0.3, -0.25) is 4.90 Å². The zero-order valence-corrected chi connectivity index (χ0v) is 24.3. The van der Waals surface area contributed by atoms with Crippen LogP contribution >= 0.6 is 0 Å².